The minimum absolute atomic E-state index is 0. The van der Waals surface area contributed by atoms with Crippen molar-refractivity contribution in [2.45, 2.75) is 105 Å². The first-order valence-electron chi connectivity index (χ1n) is 13.7. The van der Waals surface area contributed by atoms with E-state index in [0.717, 1.165) is 42.4 Å². The topological polar surface area (TPSA) is 56.0 Å². The number of aryl methyl sites for hydroxylation is 1. The van der Waals surface area contributed by atoms with Crippen LogP contribution < -0.4 is 5.63 Å². The molecule has 0 bridgehead atoms. The highest BCUT2D eigenvalue weighted by atomic mass is 16.4. The van der Waals surface area contributed by atoms with E-state index in [9.17, 15) is 4.79 Å². The summed E-state index contributed by atoms with van der Waals surface area (Å²) in [5.74, 6) is 5.26. The fourth-order valence-corrected chi connectivity index (χ4v) is 9.43. The molecule has 4 aliphatic carbocycles. The van der Waals surface area contributed by atoms with Crippen LogP contribution in [0.1, 0.15) is 104 Å². The average molecular weight is 465 g/mol. The number of hydrogen-bond acceptors (Lipinski definition) is 4. The van der Waals surface area contributed by atoms with E-state index in [1.165, 1.54) is 70.6 Å². The van der Waals surface area contributed by atoms with Gasteiger partial charge in [-0.15, -0.1) is 0 Å². The van der Waals surface area contributed by atoms with Crippen LogP contribution in [0.5, 0.6) is 0 Å². The molecule has 0 amide bonds. The smallest absolute Gasteiger partial charge is 0.348 e. The third-order valence-corrected chi connectivity index (χ3v) is 11.2. The number of aromatic nitrogens is 2. The molecule has 7 unspecified atom stereocenters. The second-order valence-corrected chi connectivity index (χ2v) is 12.4. The van der Waals surface area contributed by atoms with Crippen LogP contribution in [0, 0.1) is 40.4 Å². The quantitative estimate of drug-likeness (QED) is 0.468. The first-order chi connectivity index (χ1) is 16.0. The lowest BCUT2D eigenvalue weighted by molar-refractivity contribution is -0.111. The van der Waals surface area contributed by atoms with Gasteiger partial charge < -0.3 is 4.42 Å². The Balaban J connectivity index is 0.00000241. The van der Waals surface area contributed by atoms with Crippen molar-refractivity contribution < 1.29 is 4.42 Å². The number of pyridine rings is 1. The molecule has 4 heteroatoms. The van der Waals surface area contributed by atoms with Gasteiger partial charge in [0.15, 0.2) is 5.65 Å². The van der Waals surface area contributed by atoms with Crippen molar-refractivity contribution >= 4 is 11.0 Å². The summed E-state index contributed by atoms with van der Waals surface area (Å²) in [4.78, 5) is 21.0. The lowest BCUT2D eigenvalue weighted by atomic mass is 9.45. The molecular formula is C30H44N2O2. The van der Waals surface area contributed by atoms with Crippen LogP contribution in [-0.2, 0) is 6.42 Å². The molecule has 0 N–H and O–H groups in total. The van der Waals surface area contributed by atoms with Crippen molar-refractivity contribution in [2.24, 2.45) is 40.4 Å². The van der Waals surface area contributed by atoms with Gasteiger partial charge in [-0.2, -0.15) is 4.98 Å². The van der Waals surface area contributed by atoms with E-state index >= 15 is 0 Å². The highest BCUT2D eigenvalue weighted by Gasteiger charge is 2.59. The SMILES string of the molecule is C.CC12CCCCC1CCC1C2CCC2(C)C(CCCc3nc4ncccc4c(=O)o3)CCC12. The summed E-state index contributed by atoms with van der Waals surface area (Å²) in [5.41, 5.74) is 1.36. The molecule has 0 aliphatic heterocycles. The molecule has 4 aliphatic rings. The molecule has 6 rings (SSSR count). The Hall–Kier alpha value is -1.71. The summed E-state index contributed by atoms with van der Waals surface area (Å²) in [6, 6.07) is 3.50. The van der Waals surface area contributed by atoms with Crippen LogP contribution in [0.25, 0.3) is 11.0 Å². The van der Waals surface area contributed by atoms with Crippen LogP contribution in [-0.4, -0.2) is 9.97 Å². The summed E-state index contributed by atoms with van der Waals surface area (Å²) >= 11 is 0. The molecule has 2 aromatic rings. The molecule has 4 nitrogen and oxygen atoms in total. The van der Waals surface area contributed by atoms with E-state index in [0.29, 0.717) is 27.8 Å². The van der Waals surface area contributed by atoms with E-state index in [-0.39, 0.29) is 13.1 Å². The minimum atomic E-state index is -0.305. The predicted octanol–water partition coefficient (Wildman–Crippen LogP) is 7.59. The maximum absolute atomic E-state index is 12.3. The second kappa shape index (κ2) is 9.06. The van der Waals surface area contributed by atoms with E-state index in [1.54, 1.807) is 18.3 Å². The normalized spacial score (nSPS) is 39.1. The summed E-state index contributed by atoms with van der Waals surface area (Å²) in [6.07, 6.45) is 19.4. The second-order valence-electron chi connectivity index (χ2n) is 12.4. The van der Waals surface area contributed by atoms with Crippen molar-refractivity contribution in [3.05, 3.63) is 34.6 Å². The Bertz CT molecular complexity index is 1080. The van der Waals surface area contributed by atoms with Gasteiger partial charge in [0.1, 0.15) is 5.39 Å². The molecule has 7 atom stereocenters. The van der Waals surface area contributed by atoms with E-state index in [4.69, 9.17) is 4.42 Å². The zero-order valence-electron chi connectivity index (χ0n) is 20.5. The van der Waals surface area contributed by atoms with Crippen molar-refractivity contribution in [2.75, 3.05) is 0 Å². The summed E-state index contributed by atoms with van der Waals surface area (Å²) in [7, 11) is 0. The van der Waals surface area contributed by atoms with Crippen molar-refractivity contribution in [3.8, 4) is 0 Å². The van der Waals surface area contributed by atoms with Gasteiger partial charge in [-0.1, -0.05) is 34.1 Å². The van der Waals surface area contributed by atoms with Crippen molar-refractivity contribution in [1.29, 1.82) is 0 Å². The summed E-state index contributed by atoms with van der Waals surface area (Å²) in [6.45, 7) is 5.32. The van der Waals surface area contributed by atoms with E-state index in [2.05, 4.69) is 23.8 Å². The average Bonchev–Trinajstić information content (AvgIpc) is 3.15. The van der Waals surface area contributed by atoms with Gasteiger partial charge in [-0.25, -0.2) is 9.78 Å². The molecule has 0 radical (unpaired) electrons. The Labute approximate surface area is 205 Å². The van der Waals surface area contributed by atoms with Crippen LogP contribution >= 0.6 is 0 Å². The van der Waals surface area contributed by atoms with Crippen LogP contribution in [0.2, 0.25) is 0 Å². The highest BCUT2D eigenvalue weighted by Crippen LogP contribution is 2.67. The van der Waals surface area contributed by atoms with E-state index in [1.807, 2.05) is 0 Å². The largest absolute Gasteiger partial charge is 0.408 e. The molecule has 2 aromatic heterocycles. The molecule has 4 fully saturated rings. The van der Waals surface area contributed by atoms with Gasteiger partial charge in [0.05, 0.1) is 0 Å². The van der Waals surface area contributed by atoms with Gasteiger partial charge in [0.2, 0.25) is 5.89 Å². The number of fused-ring (bicyclic) bond motifs is 6. The Morgan fingerprint density at radius 3 is 2.74 bits per heavy atom. The number of rotatable bonds is 4. The maximum Gasteiger partial charge on any atom is 0.348 e. The minimum Gasteiger partial charge on any atom is -0.408 e. The lowest BCUT2D eigenvalue weighted by Crippen LogP contribution is -2.52. The standard InChI is InChI=1S/C29H40N2O2.CH4/c1-28-16-4-3-7-19(28)11-13-21-23-14-12-20(29(23,2)17-15-24(21)28)8-5-10-25-31-26-22(27(32)33-25)9-6-18-30-26;/h6,9,18-21,23-24H,3-5,7-8,10-17H2,1-2H3;1H4. The van der Waals surface area contributed by atoms with Crippen LogP contribution in [0.3, 0.4) is 0 Å². The van der Waals surface area contributed by atoms with Crippen LogP contribution in [0.15, 0.2) is 27.5 Å². The fourth-order valence-electron chi connectivity index (χ4n) is 9.43. The third kappa shape index (κ3) is 3.75. The lowest BCUT2D eigenvalue weighted by Gasteiger charge is -2.60. The Morgan fingerprint density at radius 1 is 1.00 bits per heavy atom. The Kier molecular flexibility index (Phi) is 6.40. The van der Waals surface area contributed by atoms with Gasteiger partial charge in [-0.05, 0) is 117 Å². The first-order valence-corrected chi connectivity index (χ1v) is 13.7. The molecular weight excluding hydrogens is 420 g/mol. The Morgan fingerprint density at radius 2 is 1.85 bits per heavy atom. The summed E-state index contributed by atoms with van der Waals surface area (Å²) in [5, 5.41) is 0.477. The molecule has 4 saturated carbocycles. The molecule has 0 aromatic carbocycles. The highest BCUT2D eigenvalue weighted by molar-refractivity contribution is 5.72. The van der Waals surface area contributed by atoms with Crippen molar-refractivity contribution in [1.82, 2.24) is 9.97 Å². The van der Waals surface area contributed by atoms with Crippen molar-refractivity contribution in [3.63, 3.8) is 0 Å². The van der Waals surface area contributed by atoms with Crippen LogP contribution in [0.4, 0.5) is 0 Å². The van der Waals surface area contributed by atoms with Gasteiger partial charge in [-0.3, -0.25) is 0 Å². The van der Waals surface area contributed by atoms with Gasteiger partial charge >= 0.3 is 5.63 Å². The molecule has 0 spiro atoms. The fraction of sp³-hybridized carbons (Fsp3) is 0.767. The first kappa shape index (κ1) is 24.0. The van der Waals surface area contributed by atoms with E-state index < -0.39 is 0 Å². The maximum atomic E-state index is 12.3. The zero-order valence-corrected chi connectivity index (χ0v) is 20.5. The molecule has 34 heavy (non-hydrogen) atoms. The molecule has 0 saturated heterocycles. The molecule has 2 heterocycles. The van der Waals surface area contributed by atoms with Gasteiger partial charge in [0.25, 0.3) is 0 Å². The summed E-state index contributed by atoms with van der Waals surface area (Å²) < 4.78 is 5.51. The van der Waals surface area contributed by atoms with Gasteiger partial charge in [0, 0.05) is 12.6 Å². The predicted molar refractivity (Wildman–Crippen MR) is 138 cm³/mol. The zero-order chi connectivity index (χ0) is 22.6. The molecule has 186 valence electrons. The number of nitrogens with zero attached hydrogens (tertiary/aromatic N) is 2. The third-order valence-electron chi connectivity index (χ3n) is 11.2. The monoisotopic (exact) mass is 464 g/mol. The number of hydrogen-bond donors (Lipinski definition) is 0.